The number of hydrogen-bond acceptors (Lipinski definition) is 4. The Labute approximate surface area is 139 Å². The van der Waals surface area contributed by atoms with E-state index in [9.17, 15) is 22.8 Å². The normalized spacial score (nSPS) is 17.0. The predicted molar refractivity (Wildman–Crippen MR) is 84.1 cm³/mol. The summed E-state index contributed by atoms with van der Waals surface area (Å²) >= 11 is 0.662. The molecule has 1 aromatic heterocycles. The van der Waals surface area contributed by atoms with Gasteiger partial charge < -0.3 is 0 Å². The topological polar surface area (TPSA) is 50.3 Å². The molecule has 0 N–H and O–H groups in total. The van der Waals surface area contributed by atoms with Crippen LogP contribution in [-0.4, -0.2) is 16.1 Å². The predicted octanol–water partition coefficient (Wildman–Crippen LogP) is 4.34. The largest absolute Gasteiger partial charge is 0.416 e. The molecule has 1 aliphatic rings. The Hall–Kier alpha value is -2.61. The van der Waals surface area contributed by atoms with E-state index < -0.39 is 22.9 Å². The minimum absolute atomic E-state index is 0.108. The van der Waals surface area contributed by atoms with Gasteiger partial charge >= 0.3 is 6.18 Å². The van der Waals surface area contributed by atoms with E-state index in [2.05, 4.69) is 4.98 Å². The first kappa shape index (κ1) is 16.3. The van der Waals surface area contributed by atoms with Gasteiger partial charge in [-0.05, 0) is 48.2 Å². The Morgan fingerprint density at radius 2 is 1.88 bits per heavy atom. The van der Waals surface area contributed by atoms with E-state index in [0.29, 0.717) is 17.5 Å². The van der Waals surface area contributed by atoms with Gasteiger partial charge in [-0.3, -0.25) is 14.6 Å². The van der Waals surface area contributed by atoms with Gasteiger partial charge in [0.1, 0.15) is 0 Å². The molecule has 24 heavy (non-hydrogen) atoms. The SMILES string of the molecule is O=C1S/C(=C\c2ccccn2)C(=O)N1c1cccc(C(F)(F)F)c1. The fourth-order valence-electron chi connectivity index (χ4n) is 2.11. The molecule has 0 radical (unpaired) electrons. The molecule has 0 bridgehead atoms. The van der Waals surface area contributed by atoms with Crippen LogP contribution in [0, 0.1) is 0 Å². The Kier molecular flexibility index (Phi) is 4.15. The molecule has 3 rings (SSSR count). The van der Waals surface area contributed by atoms with Gasteiger partial charge in [0.15, 0.2) is 0 Å². The highest BCUT2D eigenvalue weighted by Gasteiger charge is 2.38. The van der Waals surface area contributed by atoms with E-state index in [-0.39, 0.29) is 10.6 Å². The average Bonchev–Trinajstić information content (AvgIpc) is 2.82. The number of amides is 2. The molecule has 2 aromatic rings. The zero-order valence-electron chi connectivity index (χ0n) is 11.9. The summed E-state index contributed by atoms with van der Waals surface area (Å²) in [5, 5.41) is -0.651. The first-order chi connectivity index (χ1) is 11.4. The fourth-order valence-corrected chi connectivity index (χ4v) is 2.93. The summed E-state index contributed by atoms with van der Waals surface area (Å²) in [6, 6.07) is 9.17. The summed E-state index contributed by atoms with van der Waals surface area (Å²) < 4.78 is 38.4. The van der Waals surface area contributed by atoms with Crippen LogP contribution < -0.4 is 4.90 Å². The number of rotatable bonds is 2. The molecule has 0 saturated carbocycles. The quantitative estimate of drug-likeness (QED) is 0.756. The standard InChI is InChI=1S/C16H9F3N2O2S/c17-16(18,19)10-4-3-6-12(8-10)21-14(22)13(24-15(21)23)9-11-5-1-2-7-20-11/h1-9H/b13-9-. The number of hydrogen-bond donors (Lipinski definition) is 0. The molecule has 1 saturated heterocycles. The molecular formula is C16H9F3N2O2S. The molecule has 2 amide bonds. The van der Waals surface area contributed by atoms with Gasteiger partial charge in [-0.1, -0.05) is 12.1 Å². The number of aromatic nitrogens is 1. The van der Waals surface area contributed by atoms with Gasteiger partial charge in [-0.25, -0.2) is 4.90 Å². The van der Waals surface area contributed by atoms with Crippen LogP contribution in [0.4, 0.5) is 23.7 Å². The highest BCUT2D eigenvalue weighted by molar-refractivity contribution is 8.19. The fraction of sp³-hybridized carbons (Fsp3) is 0.0625. The summed E-state index contributed by atoms with van der Waals surface area (Å²) in [6.07, 6.45) is -1.59. The first-order valence-electron chi connectivity index (χ1n) is 6.72. The monoisotopic (exact) mass is 350 g/mol. The van der Waals surface area contributed by atoms with Crippen molar-refractivity contribution in [2.75, 3.05) is 4.90 Å². The van der Waals surface area contributed by atoms with Gasteiger partial charge in [-0.15, -0.1) is 0 Å². The van der Waals surface area contributed by atoms with Crippen molar-refractivity contribution in [1.29, 1.82) is 0 Å². The summed E-state index contributed by atoms with van der Waals surface area (Å²) in [6.45, 7) is 0. The Morgan fingerprint density at radius 1 is 1.08 bits per heavy atom. The number of thioether (sulfide) groups is 1. The third kappa shape index (κ3) is 3.18. The summed E-state index contributed by atoms with van der Waals surface area (Å²) in [4.78, 5) is 29.3. The van der Waals surface area contributed by atoms with Gasteiger partial charge in [0.25, 0.3) is 11.1 Å². The highest BCUT2D eigenvalue weighted by Crippen LogP contribution is 2.38. The molecule has 2 heterocycles. The maximum atomic E-state index is 12.8. The van der Waals surface area contributed by atoms with Crippen LogP contribution in [0.5, 0.6) is 0 Å². The second-order valence-corrected chi connectivity index (χ2v) is 5.81. The molecule has 0 atom stereocenters. The molecule has 122 valence electrons. The van der Waals surface area contributed by atoms with Crippen LogP contribution in [0.25, 0.3) is 6.08 Å². The van der Waals surface area contributed by atoms with Crippen LogP contribution in [0.3, 0.4) is 0 Å². The van der Waals surface area contributed by atoms with Crippen LogP contribution in [0.1, 0.15) is 11.3 Å². The molecular weight excluding hydrogens is 341 g/mol. The zero-order valence-corrected chi connectivity index (χ0v) is 12.8. The molecule has 1 aliphatic heterocycles. The van der Waals surface area contributed by atoms with E-state index in [0.717, 1.165) is 23.1 Å². The maximum Gasteiger partial charge on any atom is 0.416 e. The summed E-state index contributed by atoms with van der Waals surface area (Å²) in [5.74, 6) is -0.671. The van der Waals surface area contributed by atoms with Crippen LogP contribution in [-0.2, 0) is 11.0 Å². The minimum Gasteiger partial charge on any atom is -0.268 e. The lowest BCUT2D eigenvalue weighted by Gasteiger charge is -2.14. The number of nitrogens with zero attached hydrogens (tertiary/aromatic N) is 2. The summed E-state index contributed by atoms with van der Waals surface area (Å²) in [7, 11) is 0. The van der Waals surface area contributed by atoms with Crippen molar-refractivity contribution in [2.24, 2.45) is 0 Å². The number of pyridine rings is 1. The molecule has 0 spiro atoms. The molecule has 4 nitrogen and oxygen atoms in total. The third-order valence-corrected chi connectivity index (χ3v) is 4.06. The van der Waals surface area contributed by atoms with E-state index in [4.69, 9.17) is 0 Å². The lowest BCUT2D eigenvalue weighted by molar-refractivity contribution is -0.137. The average molecular weight is 350 g/mol. The van der Waals surface area contributed by atoms with Crippen molar-refractivity contribution < 1.29 is 22.8 Å². The van der Waals surface area contributed by atoms with E-state index >= 15 is 0 Å². The number of benzene rings is 1. The Bertz CT molecular complexity index is 835. The van der Waals surface area contributed by atoms with Crippen molar-refractivity contribution in [2.45, 2.75) is 6.18 Å². The number of alkyl halides is 3. The second-order valence-electron chi connectivity index (χ2n) is 4.82. The van der Waals surface area contributed by atoms with E-state index in [1.165, 1.54) is 18.3 Å². The molecule has 8 heteroatoms. The minimum atomic E-state index is -4.55. The van der Waals surface area contributed by atoms with Gasteiger partial charge in [0.05, 0.1) is 21.8 Å². The summed E-state index contributed by atoms with van der Waals surface area (Å²) in [5.41, 5.74) is -0.559. The van der Waals surface area contributed by atoms with Crippen LogP contribution >= 0.6 is 11.8 Å². The molecule has 1 fully saturated rings. The molecule has 0 unspecified atom stereocenters. The third-order valence-electron chi connectivity index (χ3n) is 3.19. The number of carbonyl (C=O) groups is 2. The lowest BCUT2D eigenvalue weighted by Crippen LogP contribution is -2.28. The number of halogens is 3. The second kappa shape index (κ2) is 6.12. The molecule has 0 aliphatic carbocycles. The first-order valence-corrected chi connectivity index (χ1v) is 7.54. The Balaban J connectivity index is 1.94. The van der Waals surface area contributed by atoms with Crippen molar-refractivity contribution >= 4 is 34.7 Å². The van der Waals surface area contributed by atoms with Crippen molar-refractivity contribution in [1.82, 2.24) is 4.98 Å². The van der Waals surface area contributed by atoms with Crippen molar-refractivity contribution in [3.8, 4) is 0 Å². The van der Waals surface area contributed by atoms with Gasteiger partial charge in [-0.2, -0.15) is 13.2 Å². The number of carbonyl (C=O) groups excluding carboxylic acids is 2. The Morgan fingerprint density at radius 3 is 2.54 bits per heavy atom. The van der Waals surface area contributed by atoms with Crippen molar-refractivity contribution in [3.05, 3.63) is 64.8 Å². The van der Waals surface area contributed by atoms with Crippen LogP contribution in [0.15, 0.2) is 53.6 Å². The van der Waals surface area contributed by atoms with Crippen LogP contribution in [0.2, 0.25) is 0 Å². The number of imide groups is 1. The lowest BCUT2D eigenvalue weighted by atomic mass is 10.2. The number of anilines is 1. The van der Waals surface area contributed by atoms with E-state index in [1.807, 2.05) is 0 Å². The van der Waals surface area contributed by atoms with E-state index in [1.54, 1.807) is 18.2 Å². The van der Waals surface area contributed by atoms with Gasteiger partial charge in [0.2, 0.25) is 0 Å². The zero-order chi connectivity index (χ0) is 17.3. The van der Waals surface area contributed by atoms with Crippen molar-refractivity contribution in [3.63, 3.8) is 0 Å². The van der Waals surface area contributed by atoms with Gasteiger partial charge in [0, 0.05) is 6.20 Å². The maximum absolute atomic E-state index is 12.8. The highest BCUT2D eigenvalue weighted by atomic mass is 32.2. The molecule has 1 aromatic carbocycles. The smallest absolute Gasteiger partial charge is 0.268 e.